The maximum absolute atomic E-state index is 14.0. The highest BCUT2D eigenvalue weighted by Crippen LogP contribution is 2.24. The largest absolute Gasteiger partial charge is 0.336 e. The number of nitrogens with one attached hydrogen (secondary N) is 1. The molecule has 7 nitrogen and oxygen atoms in total. The fourth-order valence-electron chi connectivity index (χ4n) is 3.77. The molecule has 2 heterocycles. The zero-order valence-electron chi connectivity index (χ0n) is 18.3. The average molecular weight is 452 g/mol. The number of amides is 1. The Balaban J connectivity index is 1.55. The van der Waals surface area contributed by atoms with Gasteiger partial charge in [-0.25, -0.2) is 19.0 Å². The van der Waals surface area contributed by atoms with Crippen LogP contribution in [0.2, 0.25) is 0 Å². The Morgan fingerprint density at radius 1 is 0.971 bits per heavy atom. The summed E-state index contributed by atoms with van der Waals surface area (Å²) in [6.07, 6.45) is 3.40. The highest BCUT2D eigenvalue weighted by Gasteiger charge is 2.25. The Kier molecular flexibility index (Phi) is 5.70. The molecule has 34 heavy (non-hydrogen) atoms. The molecule has 0 radical (unpaired) electrons. The van der Waals surface area contributed by atoms with E-state index < -0.39 is 17.8 Å². The Labute approximate surface area is 195 Å². The zero-order chi connectivity index (χ0) is 23.5. The van der Waals surface area contributed by atoms with E-state index in [0.717, 1.165) is 11.3 Å². The molecule has 0 saturated heterocycles. The van der Waals surface area contributed by atoms with Crippen LogP contribution in [-0.4, -0.2) is 30.2 Å². The quantitative estimate of drug-likeness (QED) is 0.416. The number of hydrogen-bond donors (Lipinski definition) is 1. The molecule has 0 saturated carbocycles. The van der Waals surface area contributed by atoms with Gasteiger partial charge in [0.05, 0.1) is 5.69 Å². The first-order valence-corrected chi connectivity index (χ1v) is 10.7. The predicted octanol–water partition coefficient (Wildman–Crippen LogP) is 4.33. The highest BCUT2D eigenvalue weighted by atomic mass is 19.1. The van der Waals surface area contributed by atoms with Gasteiger partial charge in [-0.3, -0.25) is 4.79 Å². The van der Waals surface area contributed by atoms with E-state index >= 15 is 0 Å². The molecule has 5 aromatic rings. The van der Waals surface area contributed by atoms with E-state index in [1.54, 1.807) is 33.8 Å². The normalized spacial score (nSPS) is 11.8. The smallest absolute Gasteiger partial charge is 0.291 e. The van der Waals surface area contributed by atoms with E-state index in [1.165, 1.54) is 12.1 Å². The zero-order valence-corrected chi connectivity index (χ0v) is 18.3. The monoisotopic (exact) mass is 452 g/mol. The van der Waals surface area contributed by atoms with Gasteiger partial charge in [0.1, 0.15) is 17.7 Å². The first-order chi connectivity index (χ1) is 16.6. The van der Waals surface area contributed by atoms with Crippen LogP contribution in [0.15, 0.2) is 97.3 Å². The minimum Gasteiger partial charge on any atom is -0.336 e. The van der Waals surface area contributed by atoms with Crippen molar-refractivity contribution in [2.75, 3.05) is 0 Å². The van der Waals surface area contributed by atoms with Gasteiger partial charge in [0.2, 0.25) is 5.82 Å². The van der Waals surface area contributed by atoms with Gasteiger partial charge in [0.25, 0.3) is 5.91 Å². The number of nitrogens with zero attached hydrogens (tertiary/aromatic N) is 5. The molecule has 168 valence electrons. The Morgan fingerprint density at radius 2 is 1.71 bits per heavy atom. The molecule has 1 N–H and O–H groups in total. The third-order valence-electron chi connectivity index (χ3n) is 5.42. The fraction of sp³-hybridized carbons (Fsp3) is 0.0769. The van der Waals surface area contributed by atoms with Gasteiger partial charge in [-0.1, -0.05) is 60.7 Å². The molecule has 0 aliphatic heterocycles. The van der Waals surface area contributed by atoms with Crippen molar-refractivity contribution >= 4 is 5.91 Å². The first-order valence-electron chi connectivity index (χ1n) is 10.7. The van der Waals surface area contributed by atoms with Crippen LogP contribution in [0, 0.1) is 5.82 Å². The maximum atomic E-state index is 14.0. The minimum atomic E-state index is -0.688. The van der Waals surface area contributed by atoms with Gasteiger partial charge in [-0.2, -0.15) is 0 Å². The van der Waals surface area contributed by atoms with Crippen molar-refractivity contribution < 1.29 is 9.18 Å². The molecule has 1 unspecified atom stereocenters. The molecule has 0 spiro atoms. The molecular weight excluding hydrogens is 431 g/mol. The van der Waals surface area contributed by atoms with E-state index in [0.29, 0.717) is 17.2 Å². The molecule has 8 heteroatoms. The third kappa shape index (κ3) is 4.21. The van der Waals surface area contributed by atoms with Crippen LogP contribution in [0.25, 0.3) is 17.1 Å². The van der Waals surface area contributed by atoms with Crippen LogP contribution >= 0.6 is 0 Å². The predicted molar refractivity (Wildman–Crippen MR) is 126 cm³/mol. The van der Waals surface area contributed by atoms with Gasteiger partial charge in [0, 0.05) is 25.0 Å². The Morgan fingerprint density at radius 3 is 2.38 bits per heavy atom. The number of benzene rings is 3. The van der Waals surface area contributed by atoms with E-state index in [9.17, 15) is 9.18 Å². The van der Waals surface area contributed by atoms with Gasteiger partial charge in [-0.15, -0.1) is 5.10 Å². The van der Waals surface area contributed by atoms with Crippen molar-refractivity contribution in [1.82, 2.24) is 29.6 Å². The molecule has 0 bridgehead atoms. The van der Waals surface area contributed by atoms with Crippen LogP contribution in [0.1, 0.15) is 28.0 Å². The fourth-order valence-corrected chi connectivity index (χ4v) is 3.77. The van der Waals surface area contributed by atoms with Crippen molar-refractivity contribution in [1.29, 1.82) is 0 Å². The topological polar surface area (TPSA) is 77.6 Å². The van der Waals surface area contributed by atoms with Crippen LogP contribution < -0.4 is 5.32 Å². The number of rotatable bonds is 6. The highest BCUT2D eigenvalue weighted by molar-refractivity contribution is 5.91. The number of hydrogen-bond acceptors (Lipinski definition) is 4. The van der Waals surface area contributed by atoms with Crippen molar-refractivity contribution in [3.05, 3.63) is 120 Å². The van der Waals surface area contributed by atoms with E-state index in [1.807, 2.05) is 67.7 Å². The summed E-state index contributed by atoms with van der Waals surface area (Å²) in [4.78, 5) is 22.3. The molecule has 1 atom stereocenters. The summed E-state index contributed by atoms with van der Waals surface area (Å²) in [7, 11) is 1.82. The second-order valence-corrected chi connectivity index (χ2v) is 7.73. The summed E-state index contributed by atoms with van der Waals surface area (Å²) >= 11 is 0. The second kappa shape index (κ2) is 9.11. The number of carbonyl (C=O) groups is 1. The number of aromatic nitrogens is 5. The number of imidazole rings is 1. The molecule has 0 aliphatic rings. The molecule has 2 aromatic heterocycles. The lowest BCUT2D eigenvalue weighted by Gasteiger charge is -2.18. The maximum Gasteiger partial charge on any atom is 0.291 e. The van der Waals surface area contributed by atoms with Crippen molar-refractivity contribution in [3.63, 3.8) is 0 Å². The molecule has 0 aliphatic carbocycles. The lowest BCUT2D eigenvalue weighted by molar-refractivity contribution is 0.0930. The van der Waals surface area contributed by atoms with Crippen molar-refractivity contribution in [2.45, 2.75) is 6.04 Å². The van der Waals surface area contributed by atoms with E-state index in [-0.39, 0.29) is 5.82 Å². The summed E-state index contributed by atoms with van der Waals surface area (Å²) < 4.78 is 17.4. The average Bonchev–Trinajstić information content (AvgIpc) is 3.50. The van der Waals surface area contributed by atoms with E-state index in [4.69, 9.17) is 0 Å². The van der Waals surface area contributed by atoms with Crippen LogP contribution in [-0.2, 0) is 7.05 Å². The molecule has 3 aromatic carbocycles. The van der Waals surface area contributed by atoms with Crippen LogP contribution in [0.3, 0.4) is 0 Å². The third-order valence-corrected chi connectivity index (χ3v) is 5.42. The number of halogens is 1. The summed E-state index contributed by atoms with van der Waals surface area (Å²) in [5.41, 5.74) is 2.16. The van der Waals surface area contributed by atoms with Gasteiger partial charge in [-0.05, 0) is 29.8 Å². The van der Waals surface area contributed by atoms with Crippen LogP contribution in [0.5, 0.6) is 0 Å². The lowest BCUT2D eigenvalue weighted by atomic mass is 10.1. The molecule has 1 amide bonds. The SMILES string of the molecule is Cn1ccnc1C(NC(=O)c1nc(-c2ccccc2)n(-c2ccccc2)n1)c1cccc(F)c1. The van der Waals surface area contributed by atoms with E-state index in [2.05, 4.69) is 20.4 Å². The van der Waals surface area contributed by atoms with Crippen molar-refractivity contribution in [3.8, 4) is 17.1 Å². The molecule has 5 rings (SSSR count). The molecule has 0 fully saturated rings. The molecular formula is C26H21FN6O. The summed E-state index contributed by atoms with van der Waals surface area (Å²) in [6.45, 7) is 0. The Bertz CT molecular complexity index is 1370. The second-order valence-electron chi connectivity index (χ2n) is 7.73. The van der Waals surface area contributed by atoms with Gasteiger partial charge >= 0.3 is 0 Å². The Hall–Kier alpha value is -4.59. The number of para-hydroxylation sites is 1. The van der Waals surface area contributed by atoms with Gasteiger partial charge < -0.3 is 9.88 Å². The first kappa shape index (κ1) is 21.3. The standard InChI is InChI=1S/C26H21FN6O/c1-32-16-15-28-25(32)22(19-11-8-12-20(27)17-19)29-26(34)23-30-24(18-9-4-2-5-10-18)33(31-23)21-13-6-3-7-14-21/h2-17,22H,1H3,(H,29,34). The van der Waals surface area contributed by atoms with Crippen LogP contribution in [0.4, 0.5) is 4.39 Å². The number of aryl methyl sites for hydroxylation is 1. The number of carbonyl (C=O) groups excluding carboxylic acids is 1. The lowest BCUT2D eigenvalue weighted by Crippen LogP contribution is -2.32. The van der Waals surface area contributed by atoms with Gasteiger partial charge in [0.15, 0.2) is 5.82 Å². The summed E-state index contributed by atoms with van der Waals surface area (Å²) in [5.74, 6) is 0.201. The summed E-state index contributed by atoms with van der Waals surface area (Å²) in [6, 6.07) is 24.4. The van der Waals surface area contributed by atoms with Crippen molar-refractivity contribution in [2.24, 2.45) is 7.05 Å². The minimum absolute atomic E-state index is 0.00156. The summed E-state index contributed by atoms with van der Waals surface area (Å²) in [5, 5.41) is 7.45.